The molecule has 6 nitrogen and oxygen atoms in total. The molecule has 0 radical (unpaired) electrons. The van der Waals surface area contributed by atoms with Crippen molar-refractivity contribution < 1.29 is 4.39 Å². The summed E-state index contributed by atoms with van der Waals surface area (Å²) in [7, 11) is 0. The quantitative estimate of drug-likeness (QED) is 0.232. The van der Waals surface area contributed by atoms with Crippen molar-refractivity contribution in [2.45, 2.75) is 39.2 Å². The largest absolute Gasteiger partial charge is 0.357 e. The molecule has 1 fully saturated rings. The van der Waals surface area contributed by atoms with Gasteiger partial charge in [-0.05, 0) is 57.0 Å². The number of nitrogens with one attached hydrogen (secondary N) is 2. The van der Waals surface area contributed by atoms with E-state index in [-0.39, 0.29) is 29.8 Å². The Morgan fingerprint density at radius 2 is 1.94 bits per heavy atom. The van der Waals surface area contributed by atoms with Gasteiger partial charge in [0.2, 0.25) is 0 Å². The van der Waals surface area contributed by atoms with E-state index in [1.165, 1.54) is 17.7 Å². The summed E-state index contributed by atoms with van der Waals surface area (Å²) in [5.41, 5.74) is 3.03. The number of nitrogens with zero attached hydrogens (tertiary/aromatic N) is 4. The first kappa shape index (κ1) is 25.3. The first-order valence-electron chi connectivity index (χ1n) is 10.8. The number of aromatic nitrogens is 2. The van der Waals surface area contributed by atoms with E-state index in [1.807, 2.05) is 12.3 Å². The second kappa shape index (κ2) is 12.8. The van der Waals surface area contributed by atoms with Crippen LogP contribution in [0.2, 0.25) is 0 Å². The molecule has 2 aromatic rings. The van der Waals surface area contributed by atoms with Crippen molar-refractivity contribution in [1.29, 1.82) is 0 Å². The normalized spacial score (nSPS) is 15.4. The molecular weight excluding hydrogens is 506 g/mol. The Morgan fingerprint density at radius 1 is 1.23 bits per heavy atom. The van der Waals surface area contributed by atoms with Gasteiger partial charge < -0.3 is 10.6 Å². The lowest BCUT2D eigenvalue weighted by molar-refractivity contribution is 0.221. The number of piperidine rings is 1. The third-order valence-electron chi connectivity index (χ3n) is 5.14. The molecule has 3 rings (SSSR count). The first-order valence-corrected chi connectivity index (χ1v) is 10.8. The van der Waals surface area contributed by atoms with Crippen LogP contribution in [0, 0.1) is 5.82 Å². The second-order valence-electron chi connectivity index (χ2n) is 7.89. The van der Waals surface area contributed by atoms with Gasteiger partial charge in [-0.2, -0.15) is 5.10 Å². The van der Waals surface area contributed by atoms with Gasteiger partial charge in [0.1, 0.15) is 5.82 Å². The minimum atomic E-state index is -0.245. The number of likely N-dealkylation sites (tertiary alicyclic amines) is 1. The first-order chi connectivity index (χ1) is 14.5. The molecule has 1 saturated heterocycles. The number of aliphatic imine (C=N–C) groups is 1. The summed E-state index contributed by atoms with van der Waals surface area (Å²) in [6.45, 7) is 12.8. The van der Waals surface area contributed by atoms with E-state index in [4.69, 9.17) is 4.99 Å². The van der Waals surface area contributed by atoms with Crippen molar-refractivity contribution in [2.75, 3.05) is 32.7 Å². The van der Waals surface area contributed by atoms with Gasteiger partial charge in [-0.1, -0.05) is 12.2 Å². The minimum Gasteiger partial charge on any atom is -0.357 e. The lowest BCUT2D eigenvalue weighted by atomic mass is 10.0. The van der Waals surface area contributed by atoms with Gasteiger partial charge in [-0.3, -0.25) is 9.89 Å². The van der Waals surface area contributed by atoms with Gasteiger partial charge in [-0.15, -0.1) is 24.0 Å². The predicted molar refractivity (Wildman–Crippen MR) is 136 cm³/mol. The van der Waals surface area contributed by atoms with Crippen LogP contribution in [0.3, 0.4) is 0 Å². The summed E-state index contributed by atoms with van der Waals surface area (Å²) in [6, 6.07) is 8.76. The van der Waals surface area contributed by atoms with Crippen LogP contribution >= 0.6 is 24.0 Å². The summed E-state index contributed by atoms with van der Waals surface area (Å²) < 4.78 is 14.9. The molecule has 1 aromatic heterocycles. The van der Waals surface area contributed by atoms with Crippen molar-refractivity contribution in [1.82, 2.24) is 25.3 Å². The molecule has 1 aliphatic rings. The summed E-state index contributed by atoms with van der Waals surface area (Å²) in [4.78, 5) is 7.19. The van der Waals surface area contributed by atoms with Crippen LogP contribution in [0.1, 0.15) is 32.4 Å². The summed E-state index contributed by atoms with van der Waals surface area (Å²) in [6.07, 6.45) is 4.87. The van der Waals surface area contributed by atoms with Crippen LogP contribution < -0.4 is 10.6 Å². The Morgan fingerprint density at radius 3 is 2.58 bits per heavy atom. The molecule has 0 amide bonds. The fraction of sp³-hybridized carbons (Fsp3) is 0.478. The highest BCUT2D eigenvalue weighted by atomic mass is 127. The molecular formula is C23H34FIN6. The smallest absolute Gasteiger partial charge is 0.191 e. The summed E-state index contributed by atoms with van der Waals surface area (Å²) in [5.74, 6) is 0.624. The maximum atomic E-state index is 13.1. The Bertz CT molecular complexity index is 840. The third-order valence-corrected chi connectivity index (χ3v) is 5.14. The number of halogens is 2. The Hall–Kier alpha value is -1.94. The predicted octanol–water partition coefficient (Wildman–Crippen LogP) is 3.77. The van der Waals surface area contributed by atoms with E-state index in [1.54, 1.807) is 16.8 Å². The molecule has 0 unspecified atom stereocenters. The zero-order chi connectivity index (χ0) is 21.3. The molecule has 2 N–H and O–H groups in total. The zero-order valence-corrected chi connectivity index (χ0v) is 20.8. The fourth-order valence-electron chi connectivity index (χ4n) is 3.65. The molecule has 0 saturated carbocycles. The molecule has 0 spiro atoms. The molecule has 2 heterocycles. The molecule has 0 aliphatic carbocycles. The van der Waals surface area contributed by atoms with Crippen LogP contribution in [-0.2, 0) is 6.42 Å². The second-order valence-corrected chi connectivity index (χ2v) is 7.89. The van der Waals surface area contributed by atoms with Crippen LogP contribution in [-0.4, -0.2) is 59.4 Å². The molecule has 170 valence electrons. The van der Waals surface area contributed by atoms with E-state index in [9.17, 15) is 4.39 Å². The topological polar surface area (TPSA) is 57.5 Å². The lowest BCUT2D eigenvalue weighted by Gasteiger charge is -2.33. The molecule has 1 aliphatic heterocycles. The van der Waals surface area contributed by atoms with Gasteiger partial charge in [0.15, 0.2) is 5.96 Å². The monoisotopic (exact) mass is 540 g/mol. The number of benzene rings is 1. The van der Waals surface area contributed by atoms with Crippen molar-refractivity contribution in [3.63, 3.8) is 0 Å². The molecule has 0 atom stereocenters. The highest BCUT2D eigenvalue weighted by molar-refractivity contribution is 14.0. The van der Waals surface area contributed by atoms with E-state index < -0.39 is 0 Å². The highest BCUT2D eigenvalue weighted by Gasteiger charge is 2.19. The van der Waals surface area contributed by atoms with Crippen LogP contribution in [0.25, 0.3) is 5.69 Å². The van der Waals surface area contributed by atoms with E-state index in [0.29, 0.717) is 12.6 Å². The zero-order valence-electron chi connectivity index (χ0n) is 18.5. The molecule has 31 heavy (non-hydrogen) atoms. The van der Waals surface area contributed by atoms with E-state index >= 15 is 0 Å². The molecule has 1 aromatic carbocycles. The molecule has 0 bridgehead atoms. The maximum absolute atomic E-state index is 13.1. The van der Waals surface area contributed by atoms with Crippen molar-refractivity contribution >= 4 is 29.9 Å². The lowest BCUT2D eigenvalue weighted by Crippen LogP contribution is -2.49. The van der Waals surface area contributed by atoms with E-state index in [0.717, 1.165) is 62.8 Å². The minimum absolute atomic E-state index is 0. The van der Waals surface area contributed by atoms with Crippen LogP contribution in [0.5, 0.6) is 0 Å². The van der Waals surface area contributed by atoms with Gasteiger partial charge in [0.25, 0.3) is 0 Å². The van der Waals surface area contributed by atoms with E-state index in [2.05, 4.69) is 41.1 Å². The molecule has 8 heteroatoms. The third kappa shape index (κ3) is 8.25. The Kier molecular flexibility index (Phi) is 10.5. The van der Waals surface area contributed by atoms with Crippen LogP contribution in [0.4, 0.5) is 4.39 Å². The average molecular weight is 540 g/mol. The number of rotatable bonds is 8. The summed E-state index contributed by atoms with van der Waals surface area (Å²) in [5, 5.41) is 11.5. The number of hydrogen-bond donors (Lipinski definition) is 2. The van der Waals surface area contributed by atoms with Crippen molar-refractivity contribution in [3.05, 3.63) is 60.2 Å². The Labute approximate surface area is 202 Å². The number of guanidine groups is 1. The highest BCUT2D eigenvalue weighted by Crippen LogP contribution is 2.12. The summed E-state index contributed by atoms with van der Waals surface area (Å²) >= 11 is 0. The number of hydrogen-bond acceptors (Lipinski definition) is 3. The Balaban J connectivity index is 0.00000341. The van der Waals surface area contributed by atoms with Gasteiger partial charge in [0, 0.05) is 51.4 Å². The fourth-order valence-corrected chi connectivity index (χ4v) is 3.65. The van der Waals surface area contributed by atoms with Gasteiger partial charge in [-0.25, -0.2) is 9.07 Å². The van der Waals surface area contributed by atoms with Gasteiger partial charge in [0.05, 0.1) is 11.4 Å². The average Bonchev–Trinajstić information content (AvgIpc) is 3.18. The van der Waals surface area contributed by atoms with Crippen LogP contribution in [0.15, 0.2) is 53.7 Å². The van der Waals surface area contributed by atoms with Crippen molar-refractivity contribution in [3.8, 4) is 5.69 Å². The standard InChI is InChI=1S/C23H33FN6.HI/c1-4-25-23(27-20-10-14-29(15-11-20)17-18(2)3)26-13-9-21-12-16-30(28-21)22-7-5-19(24)6-8-22;/h5-8,12,16,20H,2,4,9-11,13-15,17H2,1,3H3,(H2,25,26,27);1H. The SMILES string of the molecule is C=C(C)CN1CCC(NC(=NCCc2ccn(-c3ccc(F)cc3)n2)NCC)CC1.I. The maximum Gasteiger partial charge on any atom is 0.191 e. The van der Waals surface area contributed by atoms with Gasteiger partial charge >= 0.3 is 0 Å². The van der Waals surface area contributed by atoms with Crippen molar-refractivity contribution in [2.24, 2.45) is 4.99 Å².